The predicted octanol–water partition coefficient (Wildman–Crippen LogP) is -0.738. The van der Waals surface area contributed by atoms with E-state index < -0.39 is 24.4 Å². The number of aliphatic hydroxyl groups excluding tert-OH is 2. The zero-order chi connectivity index (χ0) is 8.43. The summed E-state index contributed by atoms with van der Waals surface area (Å²) in [6.07, 6.45) is -2.95. The van der Waals surface area contributed by atoms with Gasteiger partial charge in [-0.25, -0.2) is 0 Å². The minimum Gasteiger partial charge on any atom is -0.388 e. The van der Waals surface area contributed by atoms with Crippen molar-refractivity contribution < 1.29 is 14.9 Å². The van der Waals surface area contributed by atoms with Crippen LogP contribution in [0.5, 0.6) is 0 Å². The Morgan fingerprint density at radius 1 is 1.45 bits per heavy atom. The van der Waals surface area contributed by atoms with Crippen molar-refractivity contribution in [1.82, 2.24) is 0 Å². The molecule has 1 aliphatic rings. The first-order valence-corrected chi connectivity index (χ1v) is 3.47. The summed E-state index contributed by atoms with van der Waals surface area (Å²) >= 11 is 0. The van der Waals surface area contributed by atoms with Crippen LogP contribution in [0.25, 0.3) is 0 Å². The van der Waals surface area contributed by atoms with Gasteiger partial charge >= 0.3 is 0 Å². The smallest absolute Gasteiger partial charge is 0.110 e. The molecule has 5 heteroatoms. The Morgan fingerprint density at radius 2 is 2.09 bits per heavy atom. The monoisotopic (exact) mass is 161 g/mol. The Hall–Kier alpha value is -0.520. The average molecular weight is 161 g/mol. The van der Waals surface area contributed by atoms with Crippen molar-refractivity contribution in [1.29, 1.82) is 0 Å². The van der Waals surface area contributed by atoms with E-state index in [0.29, 0.717) is 0 Å². The van der Waals surface area contributed by atoms with Crippen molar-refractivity contribution in [3.63, 3.8) is 0 Å². The van der Waals surface area contributed by atoms with Crippen LogP contribution in [0, 0.1) is 4.91 Å². The highest BCUT2D eigenvalue weighted by atomic mass is 16.5. The maximum absolute atomic E-state index is 9.80. The normalized spacial score (nSPS) is 44.3. The van der Waals surface area contributed by atoms with E-state index >= 15 is 0 Å². The molecule has 1 aliphatic heterocycles. The third-order valence-electron chi connectivity index (χ3n) is 1.86. The van der Waals surface area contributed by atoms with E-state index in [-0.39, 0.29) is 6.54 Å². The van der Waals surface area contributed by atoms with Crippen LogP contribution >= 0.6 is 0 Å². The van der Waals surface area contributed by atoms with Crippen molar-refractivity contribution in [3.05, 3.63) is 4.91 Å². The van der Waals surface area contributed by atoms with Gasteiger partial charge in [-0.3, -0.25) is 0 Å². The van der Waals surface area contributed by atoms with Gasteiger partial charge in [-0.1, -0.05) is 5.18 Å². The number of aliphatic hydroxyl groups is 2. The molecule has 0 aromatic rings. The number of hydrogen-bond donors (Lipinski definition) is 2. The maximum Gasteiger partial charge on any atom is 0.110 e. The van der Waals surface area contributed by atoms with Gasteiger partial charge in [0.05, 0.1) is 6.10 Å². The molecule has 4 atom stereocenters. The molecule has 1 unspecified atom stereocenters. The topological polar surface area (TPSA) is 79.1 Å². The quantitative estimate of drug-likeness (QED) is 0.523. The summed E-state index contributed by atoms with van der Waals surface area (Å²) in [6, 6.07) is 0. The van der Waals surface area contributed by atoms with E-state index in [4.69, 9.17) is 9.84 Å². The number of nitrogens with zero attached hydrogens (tertiary/aromatic N) is 1. The van der Waals surface area contributed by atoms with E-state index in [2.05, 4.69) is 5.18 Å². The third kappa shape index (κ3) is 1.55. The van der Waals surface area contributed by atoms with Crippen molar-refractivity contribution in [2.24, 2.45) is 5.18 Å². The van der Waals surface area contributed by atoms with Crippen molar-refractivity contribution in [3.8, 4) is 0 Å². The van der Waals surface area contributed by atoms with Crippen LogP contribution in [0.1, 0.15) is 6.92 Å². The molecule has 0 spiro atoms. The first-order chi connectivity index (χ1) is 5.16. The molecule has 11 heavy (non-hydrogen) atoms. The molecule has 1 heterocycles. The lowest BCUT2D eigenvalue weighted by Gasteiger charge is -2.09. The summed E-state index contributed by atoms with van der Waals surface area (Å²) < 4.78 is 5.03. The second-order valence-electron chi connectivity index (χ2n) is 2.67. The molecule has 5 nitrogen and oxygen atoms in total. The van der Waals surface area contributed by atoms with Gasteiger partial charge in [0, 0.05) is 0 Å². The van der Waals surface area contributed by atoms with Gasteiger partial charge in [0.25, 0.3) is 0 Å². The molecule has 1 rings (SSSR count). The second kappa shape index (κ2) is 3.25. The van der Waals surface area contributed by atoms with Gasteiger partial charge in [0.2, 0.25) is 0 Å². The van der Waals surface area contributed by atoms with Crippen LogP contribution in [0.2, 0.25) is 0 Å². The lowest BCUT2D eigenvalue weighted by molar-refractivity contribution is 0.0224. The van der Waals surface area contributed by atoms with E-state index in [1.54, 1.807) is 6.92 Å². The van der Waals surface area contributed by atoms with E-state index in [0.717, 1.165) is 0 Å². The van der Waals surface area contributed by atoms with Crippen LogP contribution in [0.4, 0.5) is 0 Å². The van der Waals surface area contributed by atoms with E-state index in [1.165, 1.54) is 0 Å². The Bertz CT molecular complexity index is 152. The minimum atomic E-state index is -0.984. The minimum absolute atomic E-state index is 0.109. The summed E-state index contributed by atoms with van der Waals surface area (Å²) in [7, 11) is 0. The molecule has 0 radical (unpaired) electrons. The van der Waals surface area contributed by atoms with Gasteiger partial charge in [-0.2, -0.15) is 4.91 Å². The molecule has 0 saturated carbocycles. The maximum atomic E-state index is 9.80. The standard InChI is InChI=1S/C6H11NO4/c1-3-5(8)6(9)4(11-3)2-7-10/h3-6,8-9H,2H2,1H3/t3-,4+,5?,6-/m0/s1. The highest BCUT2D eigenvalue weighted by molar-refractivity contribution is 4.89. The van der Waals surface area contributed by atoms with Crippen LogP contribution in [-0.2, 0) is 4.74 Å². The van der Waals surface area contributed by atoms with Crippen LogP contribution in [0.15, 0.2) is 5.18 Å². The van der Waals surface area contributed by atoms with E-state index in [1.807, 2.05) is 0 Å². The zero-order valence-electron chi connectivity index (χ0n) is 6.17. The molecule has 2 N–H and O–H groups in total. The molecule has 1 fully saturated rings. The Balaban J connectivity index is 2.51. The Morgan fingerprint density at radius 3 is 2.45 bits per heavy atom. The number of hydrogen-bond acceptors (Lipinski definition) is 5. The fourth-order valence-corrected chi connectivity index (χ4v) is 1.16. The molecule has 1 saturated heterocycles. The van der Waals surface area contributed by atoms with Crippen molar-refractivity contribution in [2.45, 2.75) is 31.3 Å². The van der Waals surface area contributed by atoms with Gasteiger partial charge in [0.1, 0.15) is 24.9 Å². The Labute approximate surface area is 64.0 Å². The highest BCUT2D eigenvalue weighted by Crippen LogP contribution is 2.20. The van der Waals surface area contributed by atoms with Crippen LogP contribution in [0.3, 0.4) is 0 Å². The predicted molar refractivity (Wildman–Crippen MR) is 37.0 cm³/mol. The van der Waals surface area contributed by atoms with Gasteiger partial charge in [0.15, 0.2) is 0 Å². The van der Waals surface area contributed by atoms with E-state index in [9.17, 15) is 10.0 Å². The summed E-state index contributed by atoms with van der Waals surface area (Å²) in [4.78, 5) is 9.80. The molecule has 0 aliphatic carbocycles. The highest BCUT2D eigenvalue weighted by Gasteiger charge is 2.40. The molecule has 0 amide bonds. The molecule has 0 aromatic carbocycles. The van der Waals surface area contributed by atoms with Gasteiger partial charge in [-0.05, 0) is 6.92 Å². The summed E-state index contributed by atoms with van der Waals surface area (Å²) in [6.45, 7) is 1.53. The lowest BCUT2D eigenvalue weighted by atomic mass is 10.1. The summed E-state index contributed by atoms with van der Waals surface area (Å²) in [5.74, 6) is 0. The zero-order valence-corrected chi connectivity index (χ0v) is 6.17. The molecule has 0 aromatic heterocycles. The van der Waals surface area contributed by atoms with Crippen LogP contribution < -0.4 is 0 Å². The van der Waals surface area contributed by atoms with Crippen LogP contribution in [-0.4, -0.2) is 41.2 Å². The fraction of sp³-hybridized carbons (Fsp3) is 1.00. The fourth-order valence-electron chi connectivity index (χ4n) is 1.16. The average Bonchev–Trinajstić information content (AvgIpc) is 2.19. The van der Waals surface area contributed by atoms with Gasteiger partial charge in [-0.15, -0.1) is 0 Å². The first-order valence-electron chi connectivity index (χ1n) is 3.47. The number of ether oxygens (including phenoxy) is 1. The first kappa shape index (κ1) is 8.58. The third-order valence-corrected chi connectivity index (χ3v) is 1.86. The molecule has 0 bridgehead atoms. The van der Waals surface area contributed by atoms with Crippen molar-refractivity contribution in [2.75, 3.05) is 6.54 Å². The molecular weight excluding hydrogens is 150 g/mol. The SMILES string of the molecule is C[C@@H]1O[C@H](CN=O)[C@H](O)C1O. The largest absolute Gasteiger partial charge is 0.388 e. The Kier molecular flexibility index (Phi) is 2.53. The molecule has 64 valence electrons. The molecular formula is C6H11NO4. The van der Waals surface area contributed by atoms with Gasteiger partial charge < -0.3 is 14.9 Å². The van der Waals surface area contributed by atoms with Crippen molar-refractivity contribution >= 4 is 0 Å². The number of nitroso groups, excluding NO2 is 1. The lowest BCUT2D eigenvalue weighted by Crippen LogP contribution is -2.32. The summed E-state index contributed by atoms with van der Waals surface area (Å²) in [5.41, 5.74) is 0. The number of rotatable bonds is 2. The summed E-state index contributed by atoms with van der Waals surface area (Å²) in [5, 5.41) is 20.9. The second-order valence-corrected chi connectivity index (χ2v) is 2.67.